The molecule has 0 aromatic heterocycles. The Balaban J connectivity index is 2.03. The Kier molecular flexibility index (Phi) is 7.76. The van der Waals surface area contributed by atoms with E-state index in [2.05, 4.69) is 20.1 Å². The number of hydrogen-bond acceptors (Lipinski definition) is 6. The van der Waals surface area contributed by atoms with Crippen LogP contribution >= 0.6 is 11.8 Å². The standard InChI is InChI=1S/C24H36N2O5S/c1-6-9-15(4)25(12-7-2)22(29)20-24-11-10-17(32-24)18(23(30)31-13-8-3)19(24)21(28)26(20)16(5)14-27/h7-8,15-20,27H,2-3,6,9-14H2,1,4-5H3/t15?,16-,17+,18-,19+,20?,24?/m1/s1. The van der Waals surface area contributed by atoms with Crippen LogP contribution in [-0.4, -0.2) is 80.6 Å². The maximum absolute atomic E-state index is 14.1. The van der Waals surface area contributed by atoms with E-state index in [-0.39, 0.29) is 36.3 Å². The summed E-state index contributed by atoms with van der Waals surface area (Å²) in [5.74, 6) is -1.92. The smallest absolute Gasteiger partial charge is 0.311 e. The van der Waals surface area contributed by atoms with Crippen LogP contribution < -0.4 is 0 Å². The Morgan fingerprint density at radius 1 is 1.38 bits per heavy atom. The molecule has 3 aliphatic rings. The van der Waals surface area contributed by atoms with Crippen LogP contribution in [0.5, 0.6) is 0 Å². The summed E-state index contributed by atoms with van der Waals surface area (Å²) in [6.07, 6.45) is 6.46. The van der Waals surface area contributed by atoms with Crippen molar-refractivity contribution in [3.63, 3.8) is 0 Å². The Bertz CT molecular complexity index is 773. The molecule has 3 rings (SSSR count). The van der Waals surface area contributed by atoms with Crippen molar-refractivity contribution < 1.29 is 24.2 Å². The highest BCUT2D eigenvalue weighted by atomic mass is 32.2. The minimum atomic E-state index is -0.714. The molecule has 0 aromatic carbocycles. The molecule has 0 aliphatic carbocycles. The van der Waals surface area contributed by atoms with Gasteiger partial charge in [0, 0.05) is 17.8 Å². The van der Waals surface area contributed by atoms with Gasteiger partial charge in [0.25, 0.3) is 0 Å². The van der Waals surface area contributed by atoms with Gasteiger partial charge in [-0.25, -0.2) is 0 Å². The molecule has 178 valence electrons. The molecule has 32 heavy (non-hydrogen) atoms. The van der Waals surface area contributed by atoms with Crippen LogP contribution in [0.25, 0.3) is 0 Å². The number of amides is 2. The number of ether oxygens (including phenoxy) is 1. The van der Waals surface area contributed by atoms with E-state index in [1.165, 1.54) is 6.08 Å². The fourth-order valence-corrected chi connectivity index (χ4v) is 7.98. The minimum absolute atomic E-state index is 0.000656. The molecule has 3 saturated heterocycles. The van der Waals surface area contributed by atoms with Crippen LogP contribution in [0.1, 0.15) is 46.5 Å². The number of esters is 1. The quantitative estimate of drug-likeness (QED) is 0.373. The minimum Gasteiger partial charge on any atom is -0.461 e. The molecule has 1 N–H and O–H groups in total. The SMILES string of the molecule is C=CCOC(=O)[C@@H]1[C@@H]2CCC3(S2)C(C(=O)N(CC=C)C(C)CCC)N([C@H](C)CO)C(=O)[C@H]13. The van der Waals surface area contributed by atoms with Gasteiger partial charge >= 0.3 is 5.97 Å². The Labute approximate surface area is 195 Å². The van der Waals surface area contributed by atoms with E-state index in [0.717, 1.165) is 19.3 Å². The number of nitrogens with zero attached hydrogens (tertiary/aromatic N) is 2. The molecule has 7 atom stereocenters. The second kappa shape index (κ2) is 10.00. The molecule has 7 nitrogen and oxygen atoms in total. The summed E-state index contributed by atoms with van der Waals surface area (Å²) in [5.41, 5.74) is 0. The van der Waals surface area contributed by atoms with Crippen molar-refractivity contribution in [1.82, 2.24) is 9.80 Å². The van der Waals surface area contributed by atoms with Crippen molar-refractivity contribution in [2.75, 3.05) is 19.8 Å². The molecule has 3 fully saturated rings. The summed E-state index contributed by atoms with van der Waals surface area (Å²) in [7, 11) is 0. The average Bonchev–Trinajstić information content (AvgIpc) is 3.42. The van der Waals surface area contributed by atoms with E-state index < -0.39 is 34.6 Å². The highest BCUT2D eigenvalue weighted by molar-refractivity contribution is 8.02. The summed E-state index contributed by atoms with van der Waals surface area (Å²) >= 11 is 1.61. The predicted molar refractivity (Wildman–Crippen MR) is 125 cm³/mol. The number of rotatable bonds is 11. The van der Waals surface area contributed by atoms with Gasteiger partial charge < -0.3 is 19.6 Å². The van der Waals surface area contributed by atoms with Crippen molar-refractivity contribution in [2.45, 2.75) is 74.6 Å². The first-order valence-electron chi connectivity index (χ1n) is 11.6. The highest BCUT2D eigenvalue weighted by Crippen LogP contribution is 2.66. The largest absolute Gasteiger partial charge is 0.461 e. The van der Waals surface area contributed by atoms with E-state index in [1.807, 2.05) is 6.92 Å². The van der Waals surface area contributed by atoms with E-state index in [1.54, 1.807) is 34.6 Å². The lowest BCUT2D eigenvalue weighted by Crippen LogP contribution is -2.58. The Hall–Kier alpha value is -1.80. The van der Waals surface area contributed by atoms with Crippen molar-refractivity contribution >= 4 is 29.5 Å². The first-order chi connectivity index (χ1) is 15.3. The van der Waals surface area contributed by atoms with Gasteiger partial charge in [0.1, 0.15) is 12.6 Å². The summed E-state index contributed by atoms with van der Waals surface area (Å²) < 4.78 is 4.68. The first kappa shape index (κ1) is 24.8. The molecule has 0 saturated carbocycles. The second-order valence-electron chi connectivity index (χ2n) is 9.17. The number of likely N-dealkylation sites (tertiary alicyclic amines) is 1. The molecule has 0 radical (unpaired) electrons. The third-order valence-electron chi connectivity index (χ3n) is 7.17. The molecular weight excluding hydrogens is 428 g/mol. The number of carbonyl (C=O) groups excluding carboxylic acids is 3. The summed E-state index contributed by atoms with van der Waals surface area (Å²) in [6, 6.07) is -1.24. The van der Waals surface area contributed by atoms with E-state index in [4.69, 9.17) is 4.74 Å². The number of thioether (sulfide) groups is 1. The fraction of sp³-hybridized carbons (Fsp3) is 0.708. The van der Waals surface area contributed by atoms with Crippen LogP contribution in [0, 0.1) is 11.8 Å². The molecule has 3 heterocycles. The Morgan fingerprint density at radius 2 is 2.09 bits per heavy atom. The van der Waals surface area contributed by atoms with Crippen LogP contribution in [0.3, 0.4) is 0 Å². The van der Waals surface area contributed by atoms with E-state index in [0.29, 0.717) is 13.0 Å². The van der Waals surface area contributed by atoms with Crippen LogP contribution in [-0.2, 0) is 19.1 Å². The lowest BCUT2D eigenvalue weighted by atomic mass is 9.71. The number of aliphatic hydroxyl groups excluding tert-OH is 1. The molecule has 2 bridgehead atoms. The topological polar surface area (TPSA) is 87.2 Å². The normalized spacial score (nSPS) is 32.4. The molecule has 2 amide bonds. The van der Waals surface area contributed by atoms with Gasteiger partial charge in [0.15, 0.2) is 0 Å². The van der Waals surface area contributed by atoms with Crippen molar-refractivity contribution in [3.05, 3.63) is 25.3 Å². The molecule has 3 unspecified atom stereocenters. The fourth-order valence-electron chi connectivity index (χ4n) is 5.79. The van der Waals surface area contributed by atoms with Crippen molar-refractivity contribution in [1.29, 1.82) is 0 Å². The van der Waals surface area contributed by atoms with Gasteiger partial charge in [-0.15, -0.1) is 18.3 Å². The highest BCUT2D eigenvalue weighted by Gasteiger charge is 2.74. The van der Waals surface area contributed by atoms with Crippen LogP contribution in [0.15, 0.2) is 25.3 Å². The monoisotopic (exact) mass is 464 g/mol. The summed E-state index contributed by atoms with van der Waals surface area (Å²) in [6.45, 7) is 13.5. The lowest BCUT2D eigenvalue weighted by Gasteiger charge is -2.40. The lowest BCUT2D eigenvalue weighted by molar-refractivity contribution is -0.153. The van der Waals surface area contributed by atoms with Crippen LogP contribution in [0.2, 0.25) is 0 Å². The Morgan fingerprint density at radius 3 is 2.69 bits per heavy atom. The van der Waals surface area contributed by atoms with Gasteiger partial charge in [0.05, 0.1) is 29.2 Å². The zero-order chi connectivity index (χ0) is 23.6. The first-order valence-corrected chi connectivity index (χ1v) is 12.5. The predicted octanol–water partition coefficient (Wildman–Crippen LogP) is 2.39. The number of aliphatic hydroxyl groups is 1. The second-order valence-corrected chi connectivity index (χ2v) is 10.8. The average molecular weight is 465 g/mol. The molecule has 1 spiro atoms. The maximum atomic E-state index is 14.1. The zero-order valence-corrected chi connectivity index (χ0v) is 20.2. The van der Waals surface area contributed by atoms with E-state index >= 15 is 0 Å². The molecule has 3 aliphatic heterocycles. The number of carbonyl (C=O) groups is 3. The van der Waals surface area contributed by atoms with Crippen LogP contribution in [0.4, 0.5) is 0 Å². The third kappa shape index (κ3) is 3.89. The van der Waals surface area contributed by atoms with Crippen molar-refractivity contribution in [2.24, 2.45) is 11.8 Å². The zero-order valence-electron chi connectivity index (χ0n) is 19.4. The van der Waals surface area contributed by atoms with E-state index in [9.17, 15) is 19.5 Å². The van der Waals surface area contributed by atoms with Gasteiger partial charge in [-0.3, -0.25) is 14.4 Å². The molecule has 0 aromatic rings. The van der Waals surface area contributed by atoms with Gasteiger partial charge in [0.2, 0.25) is 11.8 Å². The number of hydrogen-bond donors (Lipinski definition) is 1. The van der Waals surface area contributed by atoms with Gasteiger partial charge in [-0.1, -0.05) is 32.1 Å². The summed E-state index contributed by atoms with van der Waals surface area (Å²) in [5, 5.41) is 9.89. The maximum Gasteiger partial charge on any atom is 0.311 e. The molecule has 8 heteroatoms. The van der Waals surface area contributed by atoms with Gasteiger partial charge in [-0.2, -0.15) is 0 Å². The van der Waals surface area contributed by atoms with Gasteiger partial charge in [-0.05, 0) is 33.1 Å². The number of fused-ring (bicyclic) bond motifs is 1. The molecular formula is C24H36N2O5S. The van der Waals surface area contributed by atoms with Crippen molar-refractivity contribution in [3.8, 4) is 0 Å². The summed E-state index contributed by atoms with van der Waals surface area (Å²) in [4.78, 5) is 44.1. The third-order valence-corrected chi connectivity index (χ3v) is 9.13.